The van der Waals surface area contributed by atoms with Crippen LogP contribution in [0.3, 0.4) is 0 Å². The molecule has 0 aromatic carbocycles. The Balaban J connectivity index is 1.78. The molecule has 6 nitrogen and oxygen atoms in total. The van der Waals surface area contributed by atoms with Gasteiger partial charge >= 0.3 is 10.2 Å². The van der Waals surface area contributed by atoms with Crippen molar-refractivity contribution in [3.8, 4) is 11.4 Å². The first-order valence-electron chi connectivity index (χ1n) is 6.52. The van der Waals surface area contributed by atoms with Crippen molar-refractivity contribution in [3.63, 3.8) is 0 Å². The number of hydrogen-bond acceptors (Lipinski definition) is 6. The van der Waals surface area contributed by atoms with Crippen LogP contribution in [0.5, 0.6) is 0 Å². The number of nitrogens with zero attached hydrogens (tertiary/aromatic N) is 3. The number of pyridine rings is 1. The molecule has 1 atom stereocenters. The first-order valence-corrected chi connectivity index (χ1v) is 8.95. The summed E-state index contributed by atoms with van der Waals surface area (Å²) in [7, 11) is -4.58. The second-order valence-electron chi connectivity index (χ2n) is 5.01. The van der Waals surface area contributed by atoms with Crippen LogP contribution in [-0.4, -0.2) is 36.6 Å². The number of rotatable bonds is 4. The molecule has 3 heterocycles. The summed E-state index contributed by atoms with van der Waals surface area (Å²) in [5.41, 5.74) is 1.34. The molecule has 0 bridgehead atoms. The smallest absolute Gasteiger partial charge is 0.288 e. The maximum Gasteiger partial charge on any atom is 0.302 e. The largest absolute Gasteiger partial charge is 0.302 e. The van der Waals surface area contributed by atoms with Crippen LogP contribution in [0.1, 0.15) is 6.42 Å². The zero-order chi connectivity index (χ0) is 15.7. The Morgan fingerprint density at radius 3 is 2.86 bits per heavy atom. The maximum absolute atomic E-state index is 12.7. The van der Waals surface area contributed by atoms with Crippen molar-refractivity contribution in [2.75, 3.05) is 17.2 Å². The number of carbonyl (C=O) groups excluding carboxylic acids is 1. The van der Waals surface area contributed by atoms with E-state index in [1.54, 1.807) is 17.6 Å². The van der Waals surface area contributed by atoms with Crippen molar-refractivity contribution in [3.05, 3.63) is 29.8 Å². The zero-order valence-corrected chi connectivity index (χ0v) is 13.0. The molecule has 1 fully saturated rings. The predicted octanol–water partition coefficient (Wildman–Crippen LogP) is 1.86. The van der Waals surface area contributed by atoms with E-state index in [1.165, 1.54) is 16.2 Å². The van der Waals surface area contributed by atoms with Crippen LogP contribution in [0, 0.1) is 5.92 Å². The molecule has 3 rings (SSSR count). The van der Waals surface area contributed by atoms with Gasteiger partial charge in [-0.15, -0.1) is 15.2 Å². The third-order valence-electron chi connectivity index (χ3n) is 3.29. The third kappa shape index (κ3) is 3.30. The number of hydrogen-bond donors (Lipinski definition) is 0. The van der Waals surface area contributed by atoms with Gasteiger partial charge in [-0.3, -0.25) is 14.7 Å². The van der Waals surface area contributed by atoms with E-state index < -0.39 is 21.9 Å². The van der Waals surface area contributed by atoms with Crippen molar-refractivity contribution >= 4 is 32.6 Å². The normalized spacial score (nSPS) is 18.9. The van der Waals surface area contributed by atoms with Gasteiger partial charge in [0.25, 0.3) is 0 Å². The van der Waals surface area contributed by atoms with Crippen LogP contribution in [0.4, 0.5) is 9.02 Å². The summed E-state index contributed by atoms with van der Waals surface area (Å²) in [4.78, 5) is 21.9. The minimum Gasteiger partial charge on any atom is -0.288 e. The molecule has 0 saturated carbocycles. The Kier molecular flexibility index (Phi) is 3.92. The standard InChI is InChI=1S/C13H12FN3O3S2/c14-22(19,20)8-9-5-12(18)17(6-9)13-16-11(7-21-13)10-3-1-2-4-15-10/h1-4,7,9H,5-6,8H2. The van der Waals surface area contributed by atoms with Crippen molar-refractivity contribution in [2.24, 2.45) is 5.92 Å². The van der Waals surface area contributed by atoms with E-state index in [9.17, 15) is 17.1 Å². The molecular weight excluding hydrogens is 329 g/mol. The highest BCUT2D eigenvalue weighted by molar-refractivity contribution is 7.86. The highest BCUT2D eigenvalue weighted by Crippen LogP contribution is 2.31. The molecule has 22 heavy (non-hydrogen) atoms. The van der Waals surface area contributed by atoms with Gasteiger partial charge in [0, 0.05) is 30.5 Å². The summed E-state index contributed by atoms with van der Waals surface area (Å²) < 4.78 is 34.2. The minimum atomic E-state index is -4.58. The van der Waals surface area contributed by atoms with E-state index in [-0.39, 0.29) is 18.9 Å². The summed E-state index contributed by atoms with van der Waals surface area (Å²) >= 11 is 1.28. The maximum atomic E-state index is 12.7. The van der Waals surface area contributed by atoms with Gasteiger partial charge < -0.3 is 0 Å². The second kappa shape index (κ2) is 5.73. The SMILES string of the molecule is O=C1CC(CS(=O)(=O)F)CN1c1nc(-c2ccccn2)cs1. The molecule has 2 aromatic heterocycles. The molecule has 2 aromatic rings. The molecule has 0 radical (unpaired) electrons. The average molecular weight is 341 g/mol. The Morgan fingerprint density at radius 1 is 1.36 bits per heavy atom. The molecule has 0 spiro atoms. The lowest BCUT2D eigenvalue weighted by Gasteiger charge is -2.12. The molecule has 9 heteroatoms. The minimum absolute atomic E-state index is 0.0155. The topological polar surface area (TPSA) is 80.2 Å². The van der Waals surface area contributed by atoms with Gasteiger partial charge in [0.1, 0.15) is 5.69 Å². The molecular formula is C13H12FN3O3S2. The summed E-state index contributed by atoms with van der Waals surface area (Å²) in [5, 5.41) is 2.26. The van der Waals surface area contributed by atoms with Crippen LogP contribution in [0.2, 0.25) is 0 Å². The summed E-state index contributed by atoms with van der Waals surface area (Å²) in [6, 6.07) is 5.44. The average Bonchev–Trinajstić information content (AvgIpc) is 3.05. The molecule has 0 N–H and O–H groups in total. The van der Waals surface area contributed by atoms with Gasteiger partial charge in [0.2, 0.25) is 5.91 Å². The molecule has 0 aliphatic carbocycles. The van der Waals surface area contributed by atoms with Gasteiger partial charge in [-0.2, -0.15) is 8.42 Å². The highest BCUT2D eigenvalue weighted by atomic mass is 32.3. The van der Waals surface area contributed by atoms with Crippen LogP contribution in [-0.2, 0) is 15.0 Å². The van der Waals surface area contributed by atoms with Crippen LogP contribution >= 0.6 is 11.3 Å². The van der Waals surface area contributed by atoms with Crippen molar-refractivity contribution in [1.29, 1.82) is 0 Å². The molecule has 1 amide bonds. The lowest BCUT2D eigenvalue weighted by Crippen LogP contribution is -2.25. The number of carbonyl (C=O) groups is 1. The van der Waals surface area contributed by atoms with E-state index >= 15 is 0 Å². The van der Waals surface area contributed by atoms with Gasteiger partial charge in [-0.25, -0.2) is 4.98 Å². The zero-order valence-electron chi connectivity index (χ0n) is 11.3. The van der Waals surface area contributed by atoms with Crippen LogP contribution in [0.25, 0.3) is 11.4 Å². The van der Waals surface area contributed by atoms with E-state index in [0.29, 0.717) is 16.5 Å². The Morgan fingerprint density at radius 2 is 2.18 bits per heavy atom. The fourth-order valence-electron chi connectivity index (χ4n) is 2.38. The lowest BCUT2D eigenvalue weighted by atomic mass is 10.1. The fourth-order valence-corrected chi connectivity index (χ4v) is 4.01. The Labute approximate surface area is 130 Å². The Hall–Kier alpha value is -1.87. The van der Waals surface area contributed by atoms with Crippen LogP contribution < -0.4 is 4.90 Å². The van der Waals surface area contributed by atoms with Crippen LogP contribution in [0.15, 0.2) is 29.8 Å². The number of amides is 1. The number of aromatic nitrogens is 2. The molecule has 1 aliphatic rings. The molecule has 1 aliphatic heterocycles. The summed E-state index contributed by atoms with van der Waals surface area (Å²) in [6.07, 6.45) is 1.67. The third-order valence-corrected chi connectivity index (χ3v) is 5.02. The quantitative estimate of drug-likeness (QED) is 0.793. The number of anilines is 1. The number of thiazole rings is 1. The summed E-state index contributed by atoms with van der Waals surface area (Å²) in [6.45, 7) is 0.164. The second-order valence-corrected chi connectivity index (χ2v) is 7.26. The number of halogens is 1. The molecule has 116 valence electrons. The van der Waals surface area contributed by atoms with Crippen molar-refractivity contribution < 1.29 is 17.1 Å². The van der Waals surface area contributed by atoms with E-state index in [2.05, 4.69) is 9.97 Å². The van der Waals surface area contributed by atoms with Crippen molar-refractivity contribution in [1.82, 2.24) is 9.97 Å². The van der Waals surface area contributed by atoms with E-state index in [1.807, 2.05) is 12.1 Å². The highest BCUT2D eigenvalue weighted by Gasteiger charge is 2.35. The van der Waals surface area contributed by atoms with Gasteiger partial charge in [-0.05, 0) is 12.1 Å². The summed E-state index contributed by atoms with van der Waals surface area (Å²) in [5.74, 6) is -1.41. The predicted molar refractivity (Wildman–Crippen MR) is 80.7 cm³/mol. The van der Waals surface area contributed by atoms with Gasteiger partial charge in [-0.1, -0.05) is 6.07 Å². The Bertz CT molecular complexity index is 792. The van der Waals surface area contributed by atoms with E-state index in [0.717, 1.165) is 0 Å². The van der Waals surface area contributed by atoms with Crippen molar-refractivity contribution in [2.45, 2.75) is 6.42 Å². The first kappa shape index (κ1) is 15.0. The molecule has 1 saturated heterocycles. The van der Waals surface area contributed by atoms with Gasteiger partial charge in [0.15, 0.2) is 5.13 Å². The monoisotopic (exact) mass is 341 g/mol. The van der Waals surface area contributed by atoms with Gasteiger partial charge in [0.05, 0.1) is 11.4 Å². The lowest BCUT2D eigenvalue weighted by molar-refractivity contribution is -0.117. The van der Waals surface area contributed by atoms with E-state index in [4.69, 9.17) is 0 Å². The first-order chi connectivity index (χ1) is 10.4. The fraction of sp³-hybridized carbons (Fsp3) is 0.308. The molecule has 1 unspecified atom stereocenters.